The third kappa shape index (κ3) is 5.81. The van der Waals surface area contributed by atoms with E-state index in [9.17, 15) is 14.2 Å². The predicted molar refractivity (Wildman–Crippen MR) is 58.9 cm³/mol. The van der Waals surface area contributed by atoms with Crippen molar-refractivity contribution >= 4 is 20.4 Å². The summed E-state index contributed by atoms with van der Waals surface area (Å²) >= 11 is 0. The first-order chi connectivity index (χ1) is 7.29. The summed E-state index contributed by atoms with van der Waals surface area (Å²) in [5.41, 5.74) is 0. The van der Waals surface area contributed by atoms with E-state index in [2.05, 4.69) is 0 Å². The zero-order valence-corrected chi connectivity index (χ0v) is 10.4. The molecule has 0 spiro atoms. The maximum Gasteiger partial charge on any atom is 0.303 e. The lowest BCUT2D eigenvalue weighted by Crippen LogP contribution is -2.26. The van der Waals surface area contributed by atoms with Crippen molar-refractivity contribution in [3.8, 4) is 0 Å². The van der Waals surface area contributed by atoms with Crippen LogP contribution in [0.3, 0.4) is 0 Å². The number of hydrogen-bond acceptors (Lipinski definition) is 3. The second-order valence-electron chi connectivity index (χ2n) is 4.31. The Morgan fingerprint density at radius 1 is 1.12 bits per heavy atom. The van der Waals surface area contributed by atoms with Gasteiger partial charge in [-0.15, -0.1) is 0 Å². The van der Waals surface area contributed by atoms with Crippen LogP contribution in [0.4, 0.5) is 0 Å². The topological polar surface area (TPSA) is 91.7 Å². The van der Waals surface area contributed by atoms with E-state index >= 15 is 0 Å². The number of hydrogen-bond donors (Lipinski definition) is 2. The van der Waals surface area contributed by atoms with Gasteiger partial charge in [0.25, 0.3) is 0 Å². The molecule has 0 aromatic carbocycles. The molecule has 0 bridgehead atoms. The zero-order chi connectivity index (χ0) is 12.8. The van der Waals surface area contributed by atoms with E-state index in [0.29, 0.717) is 12.8 Å². The van der Waals surface area contributed by atoms with Gasteiger partial charge in [-0.3, -0.25) is 14.2 Å². The normalized spacial score (nSPS) is 11.9. The molecule has 0 radical (unpaired) electrons. The molecule has 92 valence electrons. The summed E-state index contributed by atoms with van der Waals surface area (Å²) in [6.07, 6.45) is 0.655. The minimum absolute atomic E-state index is 0.0246. The molecule has 0 aromatic rings. The van der Waals surface area contributed by atoms with Gasteiger partial charge in [-0.05, 0) is 32.6 Å². The molecule has 5 nitrogen and oxygen atoms in total. The Hall–Kier alpha value is -0.960. The van der Waals surface area contributed by atoms with Crippen LogP contribution in [-0.2, 0) is 14.2 Å². The monoisotopic (exact) mass is 248 g/mol. The molecular formula is C10H17O5P. The van der Waals surface area contributed by atoms with E-state index in [0.717, 1.165) is 0 Å². The molecule has 0 amide bonds. The van der Waals surface area contributed by atoms with E-state index in [1.54, 1.807) is 13.8 Å². The maximum atomic E-state index is 11.0. The van der Waals surface area contributed by atoms with Gasteiger partial charge in [0.05, 0.1) is 0 Å². The summed E-state index contributed by atoms with van der Waals surface area (Å²) in [5.74, 6) is -2.00. The van der Waals surface area contributed by atoms with Crippen molar-refractivity contribution in [3.05, 3.63) is 0 Å². The van der Waals surface area contributed by atoms with E-state index in [-0.39, 0.29) is 27.2 Å². The van der Waals surface area contributed by atoms with Crippen LogP contribution in [-0.4, -0.2) is 27.3 Å². The third-order valence-electron chi connectivity index (χ3n) is 2.65. The minimum atomic E-state index is -0.918. The number of rotatable bonds is 8. The van der Waals surface area contributed by atoms with E-state index < -0.39 is 17.1 Å². The Morgan fingerprint density at radius 2 is 1.50 bits per heavy atom. The highest BCUT2D eigenvalue weighted by Gasteiger charge is 2.30. The molecule has 6 heteroatoms. The molecule has 2 N–H and O–H groups in total. The van der Waals surface area contributed by atoms with Crippen molar-refractivity contribution in [2.45, 2.75) is 44.7 Å². The number of aliphatic carboxylic acids is 2. The summed E-state index contributed by atoms with van der Waals surface area (Å²) in [4.78, 5) is 20.9. The zero-order valence-electron chi connectivity index (χ0n) is 9.47. The van der Waals surface area contributed by atoms with Crippen LogP contribution in [0.25, 0.3) is 0 Å². The van der Waals surface area contributed by atoms with Crippen LogP contribution in [0, 0.1) is 5.92 Å². The number of carboxylic acids is 2. The van der Waals surface area contributed by atoms with Crippen molar-refractivity contribution in [1.82, 2.24) is 0 Å². The molecule has 0 rings (SSSR count). The lowest BCUT2D eigenvalue weighted by Gasteiger charge is -2.27. The first-order valence-corrected chi connectivity index (χ1v) is 5.89. The van der Waals surface area contributed by atoms with Crippen LogP contribution >= 0.6 is 8.46 Å². The van der Waals surface area contributed by atoms with Crippen molar-refractivity contribution in [1.29, 1.82) is 0 Å². The highest BCUT2D eigenvalue weighted by molar-refractivity contribution is 7.25. The van der Waals surface area contributed by atoms with Crippen LogP contribution in [0.2, 0.25) is 0 Å². The molecule has 0 saturated carbocycles. The second kappa shape index (κ2) is 6.59. The maximum absolute atomic E-state index is 11.0. The molecule has 0 heterocycles. The van der Waals surface area contributed by atoms with E-state index in [4.69, 9.17) is 10.2 Å². The van der Waals surface area contributed by atoms with Gasteiger partial charge < -0.3 is 10.2 Å². The molecule has 0 aliphatic rings. The third-order valence-corrected chi connectivity index (χ3v) is 3.48. The van der Waals surface area contributed by atoms with Gasteiger partial charge in [0, 0.05) is 18.0 Å². The predicted octanol–water partition coefficient (Wildman–Crippen LogP) is 2.40. The molecular weight excluding hydrogens is 231 g/mol. The van der Waals surface area contributed by atoms with E-state index in [1.807, 2.05) is 0 Å². The molecule has 0 aliphatic carbocycles. The summed E-state index contributed by atoms with van der Waals surface area (Å²) in [6.45, 7) is 3.49. The highest BCUT2D eigenvalue weighted by atomic mass is 31.1. The summed E-state index contributed by atoms with van der Waals surface area (Å²) < 4.78 is 11.0. The summed E-state index contributed by atoms with van der Waals surface area (Å²) in [6, 6.07) is 0. The van der Waals surface area contributed by atoms with Gasteiger partial charge in [0.2, 0.25) is 0 Å². The van der Waals surface area contributed by atoms with Gasteiger partial charge >= 0.3 is 11.9 Å². The molecule has 0 saturated heterocycles. The van der Waals surface area contributed by atoms with Crippen molar-refractivity contribution < 1.29 is 24.4 Å². The smallest absolute Gasteiger partial charge is 0.303 e. The Bertz CT molecular complexity index is 256. The lowest BCUT2D eigenvalue weighted by molar-refractivity contribution is -0.137. The Morgan fingerprint density at radius 3 is 1.75 bits per heavy atom. The molecule has 16 heavy (non-hydrogen) atoms. The SMILES string of the molecule is CC(C)(P=O)C(CCC(=O)O)CCC(=O)O. The lowest BCUT2D eigenvalue weighted by atomic mass is 9.86. The van der Waals surface area contributed by atoms with Crippen molar-refractivity contribution in [3.63, 3.8) is 0 Å². The summed E-state index contributed by atoms with van der Waals surface area (Å²) in [5, 5.41) is 16.6. The average molecular weight is 248 g/mol. The molecule has 0 fully saturated rings. The van der Waals surface area contributed by atoms with Gasteiger partial charge in [-0.1, -0.05) is 0 Å². The fourth-order valence-electron chi connectivity index (χ4n) is 1.52. The van der Waals surface area contributed by atoms with Crippen LogP contribution in [0.15, 0.2) is 0 Å². The number of carbonyl (C=O) groups is 2. The van der Waals surface area contributed by atoms with Gasteiger partial charge in [-0.2, -0.15) is 0 Å². The molecule has 0 atom stereocenters. The van der Waals surface area contributed by atoms with Crippen molar-refractivity contribution in [2.24, 2.45) is 5.92 Å². The number of carboxylic acid groups (broad SMARTS) is 2. The molecule has 0 aliphatic heterocycles. The van der Waals surface area contributed by atoms with Gasteiger partial charge in [-0.25, -0.2) is 0 Å². The van der Waals surface area contributed by atoms with Crippen LogP contribution in [0.5, 0.6) is 0 Å². The Balaban J connectivity index is 4.43. The fraction of sp³-hybridized carbons (Fsp3) is 0.800. The highest BCUT2D eigenvalue weighted by Crippen LogP contribution is 2.36. The Kier molecular flexibility index (Phi) is 6.19. The molecule has 0 aromatic heterocycles. The van der Waals surface area contributed by atoms with Gasteiger partial charge in [0.1, 0.15) is 0 Å². The summed E-state index contributed by atoms with van der Waals surface area (Å²) in [7, 11) is -0.0808. The minimum Gasteiger partial charge on any atom is -0.481 e. The largest absolute Gasteiger partial charge is 0.481 e. The standard InChI is InChI=1S/C10H17O5P/c1-10(2,16-15)7(3-5-8(11)12)4-6-9(13)14/h7H,3-6H2,1-2H3,(H,11,12)(H,13,14). The first-order valence-electron chi connectivity index (χ1n) is 5.07. The van der Waals surface area contributed by atoms with Crippen LogP contribution < -0.4 is 0 Å². The van der Waals surface area contributed by atoms with Crippen LogP contribution in [0.1, 0.15) is 39.5 Å². The van der Waals surface area contributed by atoms with E-state index in [1.165, 1.54) is 0 Å². The fourth-order valence-corrected chi connectivity index (χ4v) is 1.93. The average Bonchev–Trinajstić information content (AvgIpc) is 2.16. The second-order valence-corrected chi connectivity index (χ2v) is 5.64. The first kappa shape index (κ1) is 15.0. The molecule has 0 unspecified atom stereocenters. The Labute approximate surface area is 96.1 Å². The quantitative estimate of drug-likeness (QED) is 0.643. The van der Waals surface area contributed by atoms with Crippen molar-refractivity contribution in [2.75, 3.05) is 0 Å². The van der Waals surface area contributed by atoms with Gasteiger partial charge in [0.15, 0.2) is 8.46 Å².